The van der Waals surface area contributed by atoms with Gasteiger partial charge in [0.25, 0.3) is 0 Å². The van der Waals surface area contributed by atoms with Gasteiger partial charge in [0.1, 0.15) is 11.4 Å². The lowest BCUT2D eigenvalue weighted by Gasteiger charge is -2.15. The molecule has 18 heavy (non-hydrogen) atoms. The van der Waals surface area contributed by atoms with Gasteiger partial charge in [0.05, 0.1) is 13.2 Å². The van der Waals surface area contributed by atoms with E-state index in [1.807, 2.05) is 13.8 Å². The lowest BCUT2D eigenvalue weighted by Crippen LogP contribution is -2.22. The third kappa shape index (κ3) is 4.33. The first kappa shape index (κ1) is 14.4. The Morgan fingerprint density at radius 2 is 2.28 bits per heavy atom. The van der Waals surface area contributed by atoms with Crippen molar-refractivity contribution in [1.82, 2.24) is 4.98 Å². The molecule has 0 aliphatic carbocycles. The predicted molar refractivity (Wildman–Crippen MR) is 69.5 cm³/mol. The monoisotopic (exact) mass is 252 g/mol. The van der Waals surface area contributed by atoms with Crippen LogP contribution in [0, 0.1) is 5.92 Å². The third-order valence-corrected chi connectivity index (χ3v) is 2.46. The Hall–Kier alpha value is -1.62. The minimum Gasteiger partial charge on any atom is -0.465 e. The van der Waals surface area contributed by atoms with Crippen molar-refractivity contribution in [3.63, 3.8) is 0 Å². The number of esters is 1. The summed E-state index contributed by atoms with van der Waals surface area (Å²) in [4.78, 5) is 15.6. The fourth-order valence-corrected chi connectivity index (χ4v) is 1.66. The molecule has 0 amide bonds. The summed E-state index contributed by atoms with van der Waals surface area (Å²) in [5.74, 6) is 0.418. The van der Waals surface area contributed by atoms with Gasteiger partial charge in [0, 0.05) is 12.7 Å². The summed E-state index contributed by atoms with van der Waals surface area (Å²) < 4.78 is 4.67. The highest BCUT2D eigenvalue weighted by Gasteiger charge is 2.13. The van der Waals surface area contributed by atoms with Crippen LogP contribution in [0.15, 0.2) is 18.3 Å². The molecule has 1 heterocycles. The van der Waals surface area contributed by atoms with E-state index < -0.39 is 12.1 Å². The van der Waals surface area contributed by atoms with Gasteiger partial charge in [0.2, 0.25) is 0 Å². The van der Waals surface area contributed by atoms with Crippen LogP contribution in [0.1, 0.15) is 30.6 Å². The van der Waals surface area contributed by atoms with Crippen molar-refractivity contribution < 1.29 is 14.6 Å². The van der Waals surface area contributed by atoms with Crippen LogP contribution in [0.2, 0.25) is 0 Å². The van der Waals surface area contributed by atoms with Crippen molar-refractivity contribution in [2.75, 3.05) is 19.0 Å². The lowest BCUT2D eigenvalue weighted by molar-refractivity contribution is 0.0601. The van der Waals surface area contributed by atoms with Crippen LogP contribution < -0.4 is 5.32 Å². The number of carbonyl (C=O) groups excluding carboxylic acids is 1. The SMILES string of the molecule is COC(=O)c1cccnc1NCC(O)CC(C)C. The fraction of sp³-hybridized carbons (Fsp3) is 0.538. The smallest absolute Gasteiger partial charge is 0.341 e. The molecule has 0 aliphatic heterocycles. The highest BCUT2D eigenvalue weighted by atomic mass is 16.5. The molecule has 1 rings (SSSR count). The van der Waals surface area contributed by atoms with Gasteiger partial charge in [-0.15, -0.1) is 0 Å². The Labute approximate surface area is 107 Å². The summed E-state index contributed by atoms with van der Waals surface area (Å²) in [6, 6.07) is 3.30. The number of aliphatic hydroxyl groups is 1. The Morgan fingerprint density at radius 3 is 2.89 bits per heavy atom. The van der Waals surface area contributed by atoms with Crippen molar-refractivity contribution >= 4 is 11.8 Å². The summed E-state index contributed by atoms with van der Waals surface area (Å²) in [7, 11) is 1.33. The molecule has 0 radical (unpaired) electrons. The predicted octanol–water partition coefficient (Wildman–Crippen LogP) is 1.69. The molecule has 1 aromatic rings. The summed E-state index contributed by atoms with van der Waals surface area (Å²) in [6.45, 7) is 4.45. The van der Waals surface area contributed by atoms with Crippen molar-refractivity contribution in [3.8, 4) is 0 Å². The zero-order valence-electron chi connectivity index (χ0n) is 11.0. The van der Waals surface area contributed by atoms with Gasteiger partial charge in [-0.05, 0) is 24.5 Å². The second-order valence-corrected chi connectivity index (χ2v) is 4.56. The molecule has 5 nitrogen and oxygen atoms in total. The molecule has 0 aliphatic rings. The number of pyridine rings is 1. The Morgan fingerprint density at radius 1 is 1.56 bits per heavy atom. The number of aromatic nitrogens is 1. The van der Waals surface area contributed by atoms with Gasteiger partial charge in [-0.25, -0.2) is 9.78 Å². The summed E-state index contributed by atoms with van der Waals surface area (Å²) in [5.41, 5.74) is 0.372. The number of hydrogen-bond donors (Lipinski definition) is 2. The maximum Gasteiger partial charge on any atom is 0.341 e. The van der Waals surface area contributed by atoms with Crippen LogP contribution in [0.5, 0.6) is 0 Å². The summed E-state index contributed by atoms with van der Waals surface area (Å²) >= 11 is 0. The molecule has 0 spiro atoms. The number of ether oxygens (including phenoxy) is 1. The molecule has 1 atom stereocenters. The molecule has 100 valence electrons. The number of nitrogens with one attached hydrogen (secondary N) is 1. The highest BCUT2D eigenvalue weighted by Crippen LogP contribution is 2.13. The molecule has 1 unspecified atom stereocenters. The van der Waals surface area contributed by atoms with Gasteiger partial charge in [-0.2, -0.15) is 0 Å². The standard InChI is InChI=1S/C13H20N2O3/c1-9(2)7-10(16)8-15-12-11(13(17)18-3)5-4-6-14-12/h4-6,9-10,16H,7-8H2,1-3H3,(H,14,15). The van der Waals surface area contributed by atoms with Gasteiger partial charge in [-0.1, -0.05) is 13.8 Å². The Kier molecular flexibility index (Phi) is 5.58. The van der Waals surface area contributed by atoms with Crippen LogP contribution in [0.4, 0.5) is 5.82 Å². The van der Waals surface area contributed by atoms with Crippen molar-refractivity contribution in [1.29, 1.82) is 0 Å². The van der Waals surface area contributed by atoms with Crippen molar-refractivity contribution in [3.05, 3.63) is 23.9 Å². The second kappa shape index (κ2) is 6.96. The Balaban J connectivity index is 2.64. The van der Waals surface area contributed by atoms with Crippen molar-refractivity contribution in [2.45, 2.75) is 26.4 Å². The van der Waals surface area contributed by atoms with Gasteiger partial charge >= 0.3 is 5.97 Å². The van der Waals surface area contributed by atoms with Crippen LogP contribution >= 0.6 is 0 Å². The van der Waals surface area contributed by atoms with E-state index in [0.29, 0.717) is 30.3 Å². The maximum atomic E-state index is 11.5. The number of hydrogen-bond acceptors (Lipinski definition) is 5. The maximum absolute atomic E-state index is 11.5. The minimum atomic E-state index is -0.461. The number of rotatable bonds is 6. The number of aliphatic hydroxyl groups excluding tert-OH is 1. The van der Waals surface area contributed by atoms with Gasteiger partial charge in [-0.3, -0.25) is 0 Å². The van der Waals surface area contributed by atoms with E-state index in [0.717, 1.165) is 0 Å². The highest BCUT2D eigenvalue weighted by molar-refractivity contribution is 5.94. The number of methoxy groups -OCH3 is 1. The van der Waals surface area contributed by atoms with E-state index in [2.05, 4.69) is 15.0 Å². The molecule has 0 aromatic carbocycles. The molecular weight excluding hydrogens is 232 g/mol. The molecule has 0 fully saturated rings. The largest absolute Gasteiger partial charge is 0.465 e. The molecule has 2 N–H and O–H groups in total. The van der Waals surface area contributed by atoms with E-state index in [1.165, 1.54) is 7.11 Å². The van der Waals surface area contributed by atoms with Crippen LogP contribution in [0.3, 0.4) is 0 Å². The summed E-state index contributed by atoms with van der Waals surface area (Å²) in [6.07, 6.45) is 1.83. The zero-order chi connectivity index (χ0) is 13.5. The lowest BCUT2D eigenvalue weighted by atomic mass is 10.1. The first-order valence-corrected chi connectivity index (χ1v) is 5.99. The number of nitrogens with zero attached hydrogens (tertiary/aromatic N) is 1. The van der Waals surface area contributed by atoms with E-state index in [9.17, 15) is 9.90 Å². The van der Waals surface area contributed by atoms with E-state index in [-0.39, 0.29) is 0 Å². The summed E-state index contributed by atoms with van der Waals surface area (Å²) in [5, 5.41) is 12.7. The fourth-order valence-electron chi connectivity index (χ4n) is 1.66. The average molecular weight is 252 g/mol. The quantitative estimate of drug-likeness (QED) is 0.754. The third-order valence-electron chi connectivity index (χ3n) is 2.46. The second-order valence-electron chi connectivity index (χ2n) is 4.56. The molecule has 1 aromatic heterocycles. The van der Waals surface area contributed by atoms with Crippen molar-refractivity contribution in [2.24, 2.45) is 5.92 Å². The van der Waals surface area contributed by atoms with E-state index in [4.69, 9.17) is 0 Å². The molecular formula is C13H20N2O3. The number of anilines is 1. The number of carbonyl (C=O) groups is 1. The van der Waals surface area contributed by atoms with Crippen LogP contribution in [0.25, 0.3) is 0 Å². The van der Waals surface area contributed by atoms with E-state index in [1.54, 1.807) is 18.3 Å². The molecule has 0 saturated carbocycles. The van der Waals surface area contributed by atoms with Crippen LogP contribution in [-0.2, 0) is 4.74 Å². The topological polar surface area (TPSA) is 71.5 Å². The first-order valence-electron chi connectivity index (χ1n) is 5.99. The first-order chi connectivity index (χ1) is 8.54. The van der Waals surface area contributed by atoms with E-state index >= 15 is 0 Å². The van der Waals surface area contributed by atoms with Gasteiger partial charge < -0.3 is 15.2 Å². The van der Waals surface area contributed by atoms with Crippen LogP contribution in [-0.4, -0.2) is 35.8 Å². The molecule has 0 bridgehead atoms. The molecule has 0 saturated heterocycles. The molecule has 5 heteroatoms. The normalized spacial score (nSPS) is 12.3. The Bertz CT molecular complexity index is 394. The minimum absolute atomic E-state index is 0.360. The zero-order valence-corrected chi connectivity index (χ0v) is 11.0. The van der Waals surface area contributed by atoms with Gasteiger partial charge in [0.15, 0.2) is 0 Å². The average Bonchev–Trinajstić information content (AvgIpc) is 2.35.